The van der Waals surface area contributed by atoms with E-state index in [0.29, 0.717) is 0 Å². The largest absolute Gasteiger partial charge is 0.488 e. The van der Waals surface area contributed by atoms with Crippen molar-refractivity contribution in [3.8, 4) is 0 Å². The van der Waals surface area contributed by atoms with E-state index in [1.807, 2.05) is 0 Å². The predicted octanol–water partition coefficient (Wildman–Crippen LogP) is -2.72. The summed E-state index contributed by atoms with van der Waals surface area (Å²) in [7, 11) is -13.6. The third-order valence-electron chi connectivity index (χ3n) is 4.61. The minimum atomic E-state index is -4.82. The smallest absolute Gasteiger partial charge is 0.423 e. The van der Waals surface area contributed by atoms with Gasteiger partial charge in [-0.05, 0) is 22.1 Å². The lowest BCUT2D eigenvalue weighted by Gasteiger charge is -2.25. The predicted molar refractivity (Wildman–Crippen MR) is 118 cm³/mol. The monoisotopic (exact) mass is 488 g/mol. The van der Waals surface area contributed by atoms with E-state index in [0.717, 1.165) is 0 Å². The summed E-state index contributed by atoms with van der Waals surface area (Å²) >= 11 is 0. The zero-order chi connectivity index (χ0) is 24.1. The fraction of sp³-hybridized carbons (Fsp3) is 0.250. The maximum absolute atomic E-state index is 12.0. The maximum Gasteiger partial charge on any atom is 0.488 e. The number of nitrogens with one attached hydrogen (secondary N) is 2. The first kappa shape index (κ1) is 26.9. The average Bonchev–Trinajstić information content (AvgIpc) is 2.68. The summed E-state index contributed by atoms with van der Waals surface area (Å²) in [4.78, 5) is 38.9. The average molecular weight is 488 g/mol. The summed E-state index contributed by atoms with van der Waals surface area (Å²) in [6.45, 7) is -0.377. The third kappa shape index (κ3) is 7.06. The molecule has 0 saturated heterocycles. The molecular weight excluding hydrogens is 464 g/mol. The number of benzene rings is 2. The van der Waals surface area contributed by atoms with Crippen molar-refractivity contribution in [3.63, 3.8) is 0 Å². The lowest BCUT2D eigenvalue weighted by molar-refractivity contribution is 0.339. The van der Waals surface area contributed by atoms with E-state index in [1.54, 1.807) is 0 Å². The summed E-state index contributed by atoms with van der Waals surface area (Å²) in [5.41, 5.74) is -0.312. The molecule has 0 spiro atoms. The van der Waals surface area contributed by atoms with Gasteiger partial charge in [0.25, 0.3) is 0 Å². The minimum absolute atomic E-state index is 0.0453. The van der Waals surface area contributed by atoms with Crippen LogP contribution in [-0.2, 0) is 9.13 Å². The second-order valence-electron chi connectivity index (χ2n) is 6.90. The van der Waals surface area contributed by atoms with Gasteiger partial charge in [-0.3, -0.25) is 19.8 Å². The SMILES string of the molecule is O=P(O)(O)C(NCCNC(c1ccccc1B(O)O)P(=O)(O)O)c1ccccc1B(O)O. The molecule has 0 heterocycles. The quantitative estimate of drug-likeness (QED) is 0.0886. The molecule has 2 aromatic carbocycles. The zero-order valence-electron chi connectivity index (χ0n) is 16.6. The van der Waals surface area contributed by atoms with E-state index in [1.165, 1.54) is 48.5 Å². The Morgan fingerprint density at radius 3 is 1.25 bits per heavy atom. The molecule has 0 aliphatic rings. The molecule has 0 amide bonds. The summed E-state index contributed by atoms with van der Waals surface area (Å²) in [5.74, 6) is -3.22. The van der Waals surface area contributed by atoms with Crippen LogP contribution in [0.1, 0.15) is 22.7 Å². The Balaban J connectivity index is 2.20. The minimum Gasteiger partial charge on any atom is -0.423 e. The molecular formula is C16H24B2N2O10P2. The Hall–Kier alpha value is -1.37. The van der Waals surface area contributed by atoms with Crippen LogP contribution in [0.15, 0.2) is 48.5 Å². The Labute approximate surface area is 184 Å². The molecule has 0 aliphatic carbocycles. The van der Waals surface area contributed by atoms with Gasteiger partial charge in [0.05, 0.1) is 0 Å². The van der Waals surface area contributed by atoms with Crippen LogP contribution in [0.5, 0.6) is 0 Å². The highest BCUT2D eigenvalue weighted by molar-refractivity contribution is 7.52. The van der Waals surface area contributed by atoms with E-state index >= 15 is 0 Å². The molecule has 2 rings (SSSR count). The summed E-state index contributed by atoms with van der Waals surface area (Å²) < 4.78 is 24.0. The molecule has 12 nitrogen and oxygen atoms in total. The molecule has 0 saturated carbocycles. The third-order valence-corrected chi connectivity index (χ3v) is 6.88. The highest BCUT2D eigenvalue weighted by Crippen LogP contribution is 2.50. The molecule has 2 aromatic rings. The molecule has 0 aromatic heterocycles. The number of hydrogen-bond acceptors (Lipinski definition) is 8. The molecule has 2 unspecified atom stereocenters. The van der Waals surface area contributed by atoms with E-state index < -0.39 is 41.0 Å². The van der Waals surface area contributed by atoms with Gasteiger partial charge < -0.3 is 39.7 Å². The Morgan fingerprint density at radius 1 is 0.656 bits per heavy atom. The van der Waals surface area contributed by atoms with Gasteiger partial charge in [-0.2, -0.15) is 0 Å². The van der Waals surface area contributed by atoms with E-state index in [4.69, 9.17) is 0 Å². The second kappa shape index (κ2) is 11.2. The van der Waals surface area contributed by atoms with Crippen molar-refractivity contribution in [1.82, 2.24) is 10.6 Å². The van der Waals surface area contributed by atoms with Gasteiger partial charge in [-0.15, -0.1) is 0 Å². The maximum atomic E-state index is 12.0. The number of hydrogen-bond donors (Lipinski definition) is 10. The van der Waals surface area contributed by atoms with Crippen molar-refractivity contribution in [2.75, 3.05) is 13.1 Å². The topological polar surface area (TPSA) is 220 Å². The summed E-state index contributed by atoms with van der Waals surface area (Å²) in [6.07, 6.45) is 0. The summed E-state index contributed by atoms with van der Waals surface area (Å²) in [6, 6.07) is 11.1. The van der Waals surface area contributed by atoms with Crippen LogP contribution in [0.4, 0.5) is 0 Å². The van der Waals surface area contributed by atoms with Crippen molar-refractivity contribution in [2.24, 2.45) is 0 Å². The highest BCUT2D eigenvalue weighted by Gasteiger charge is 2.35. The van der Waals surface area contributed by atoms with Crippen LogP contribution in [0, 0.1) is 0 Å². The molecule has 16 heteroatoms. The normalized spacial score (nSPS) is 14.1. The van der Waals surface area contributed by atoms with Crippen LogP contribution < -0.4 is 21.6 Å². The second-order valence-corrected chi connectivity index (χ2v) is 10.3. The van der Waals surface area contributed by atoms with Crippen LogP contribution in [-0.4, -0.2) is 67.0 Å². The first-order valence-electron chi connectivity index (χ1n) is 9.31. The first-order chi connectivity index (χ1) is 14.8. The zero-order valence-corrected chi connectivity index (χ0v) is 18.4. The lowest BCUT2D eigenvalue weighted by atomic mass is 9.77. The van der Waals surface area contributed by atoms with Crippen LogP contribution in [0.3, 0.4) is 0 Å². The van der Waals surface area contributed by atoms with Gasteiger partial charge in [0.1, 0.15) is 11.6 Å². The summed E-state index contributed by atoms with van der Waals surface area (Å²) in [5, 5.41) is 43.1. The molecule has 2 atom stereocenters. The first-order valence-corrected chi connectivity index (χ1v) is 12.7. The fourth-order valence-corrected chi connectivity index (χ4v) is 5.16. The van der Waals surface area contributed by atoms with Crippen molar-refractivity contribution in [1.29, 1.82) is 0 Å². The number of rotatable bonds is 11. The molecule has 32 heavy (non-hydrogen) atoms. The van der Waals surface area contributed by atoms with Gasteiger partial charge in [-0.25, -0.2) is 0 Å². The van der Waals surface area contributed by atoms with Gasteiger partial charge in [-0.1, -0.05) is 48.5 Å². The van der Waals surface area contributed by atoms with Crippen LogP contribution in [0.25, 0.3) is 0 Å². The van der Waals surface area contributed by atoms with Gasteiger partial charge in [0.15, 0.2) is 0 Å². The molecule has 174 valence electrons. The van der Waals surface area contributed by atoms with E-state index in [9.17, 15) is 48.8 Å². The van der Waals surface area contributed by atoms with Gasteiger partial charge >= 0.3 is 29.4 Å². The Morgan fingerprint density at radius 2 is 0.969 bits per heavy atom. The molecule has 0 radical (unpaired) electrons. The van der Waals surface area contributed by atoms with E-state index in [-0.39, 0.29) is 35.1 Å². The van der Waals surface area contributed by atoms with Crippen LogP contribution in [0.2, 0.25) is 0 Å². The van der Waals surface area contributed by atoms with E-state index in [2.05, 4.69) is 10.6 Å². The van der Waals surface area contributed by atoms with Crippen molar-refractivity contribution < 1.29 is 48.8 Å². The van der Waals surface area contributed by atoms with Gasteiger partial charge in [0.2, 0.25) is 0 Å². The molecule has 0 fully saturated rings. The molecule has 0 bridgehead atoms. The Bertz CT molecular complexity index is 921. The fourth-order valence-electron chi connectivity index (χ4n) is 3.23. The standard InChI is InChI=1S/C16H24B2N2O10P2/c21-17(22)13-7-3-1-5-11(13)15(31(25,26)27)19-9-10-20-16(32(28,29)30)12-6-2-4-8-14(12)18(23)24/h1-8,15-16,19-24H,9-10H2,(H2,25,26,27)(H2,28,29,30). The lowest BCUT2D eigenvalue weighted by Crippen LogP contribution is -2.40. The van der Waals surface area contributed by atoms with Gasteiger partial charge in [0, 0.05) is 13.1 Å². The van der Waals surface area contributed by atoms with Crippen LogP contribution >= 0.6 is 15.2 Å². The van der Waals surface area contributed by atoms with Crippen molar-refractivity contribution in [2.45, 2.75) is 11.6 Å². The van der Waals surface area contributed by atoms with Crippen molar-refractivity contribution in [3.05, 3.63) is 59.7 Å². The highest BCUT2D eigenvalue weighted by atomic mass is 31.2. The molecule has 0 aliphatic heterocycles. The van der Waals surface area contributed by atoms with Crippen molar-refractivity contribution >= 4 is 40.4 Å². The Kier molecular flexibility index (Phi) is 9.38. The molecule has 10 N–H and O–H groups in total.